The zero-order valence-corrected chi connectivity index (χ0v) is 14.2. The van der Waals surface area contributed by atoms with Crippen LogP contribution in [0.3, 0.4) is 0 Å². The number of aromatic nitrogens is 5. The largest absolute Gasteiger partial charge is 0.336 e. The van der Waals surface area contributed by atoms with Crippen LogP contribution in [0.5, 0.6) is 0 Å². The van der Waals surface area contributed by atoms with Gasteiger partial charge in [-0.05, 0) is 35.3 Å². The maximum atomic E-state index is 12.6. The summed E-state index contributed by atoms with van der Waals surface area (Å²) in [6, 6.07) is 9.10. The molecule has 3 rings (SSSR count). The minimum atomic E-state index is -0.461. The van der Waals surface area contributed by atoms with Gasteiger partial charge in [0.1, 0.15) is 11.9 Å². The molecule has 3 aromatic rings. The van der Waals surface area contributed by atoms with Gasteiger partial charge in [-0.15, -0.1) is 0 Å². The van der Waals surface area contributed by atoms with E-state index in [2.05, 4.69) is 46.6 Å². The second-order valence-electron chi connectivity index (χ2n) is 5.11. The Labute approximate surface area is 141 Å². The van der Waals surface area contributed by atoms with Crippen LogP contribution in [0, 0.1) is 13.8 Å². The van der Waals surface area contributed by atoms with Gasteiger partial charge in [-0.1, -0.05) is 30.3 Å². The molecule has 1 amide bonds. The number of rotatable bonds is 4. The van der Waals surface area contributed by atoms with E-state index < -0.39 is 6.04 Å². The lowest BCUT2D eigenvalue weighted by Crippen LogP contribution is -2.30. The van der Waals surface area contributed by atoms with Gasteiger partial charge in [0.2, 0.25) is 0 Å². The summed E-state index contributed by atoms with van der Waals surface area (Å²) in [5.41, 5.74) is 1.99. The van der Waals surface area contributed by atoms with Crippen LogP contribution in [0.2, 0.25) is 0 Å². The number of nitrogens with zero attached hydrogens (tertiary/aromatic N) is 3. The molecular weight excluding hydrogens is 360 g/mol. The van der Waals surface area contributed by atoms with Crippen LogP contribution in [0.25, 0.3) is 0 Å². The van der Waals surface area contributed by atoms with Crippen LogP contribution < -0.4 is 5.32 Å². The van der Waals surface area contributed by atoms with Crippen molar-refractivity contribution in [1.29, 1.82) is 0 Å². The number of hydrogen-bond donors (Lipinski definition) is 3. The number of amides is 1. The summed E-state index contributed by atoms with van der Waals surface area (Å²) in [6.07, 6.45) is 0. The lowest BCUT2D eigenvalue weighted by Gasteiger charge is -2.15. The molecule has 0 aliphatic carbocycles. The van der Waals surface area contributed by atoms with E-state index in [-0.39, 0.29) is 5.91 Å². The molecule has 1 aromatic carbocycles. The minimum absolute atomic E-state index is 0.302. The molecule has 1 unspecified atom stereocenters. The number of nitrogens with one attached hydrogen (secondary N) is 3. The average Bonchev–Trinajstić information content (AvgIpc) is 3.12. The molecule has 0 spiro atoms. The number of halogens is 1. The lowest BCUT2D eigenvalue weighted by molar-refractivity contribution is 0.0935. The van der Waals surface area contributed by atoms with E-state index >= 15 is 0 Å². The van der Waals surface area contributed by atoms with Crippen LogP contribution in [0.1, 0.15) is 39.4 Å². The molecule has 2 heterocycles. The van der Waals surface area contributed by atoms with E-state index in [4.69, 9.17) is 0 Å². The summed E-state index contributed by atoms with van der Waals surface area (Å²) in [6.45, 7) is 3.65. The number of benzene rings is 1. The van der Waals surface area contributed by atoms with Crippen molar-refractivity contribution in [2.75, 3.05) is 0 Å². The van der Waals surface area contributed by atoms with Crippen molar-refractivity contribution in [2.45, 2.75) is 19.9 Å². The van der Waals surface area contributed by atoms with E-state index in [1.807, 2.05) is 44.2 Å². The number of carbonyl (C=O) groups is 1. The minimum Gasteiger partial charge on any atom is -0.336 e. The fraction of sp³-hybridized carbons (Fsp3) is 0.200. The van der Waals surface area contributed by atoms with Crippen molar-refractivity contribution in [2.24, 2.45) is 0 Å². The third-order valence-corrected chi connectivity index (χ3v) is 4.34. The van der Waals surface area contributed by atoms with Crippen LogP contribution in [-0.4, -0.2) is 31.3 Å². The molecule has 7 nitrogen and oxygen atoms in total. The van der Waals surface area contributed by atoms with Crippen LogP contribution >= 0.6 is 15.9 Å². The van der Waals surface area contributed by atoms with Gasteiger partial charge in [0.25, 0.3) is 5.91 Å². The maximum Gasteiger partial charge on any atom is 0.273 e. The topological polar surface area (TPSA) is 99.3 Å². The molecule has 0 aliphatic heterocycles. The lowest BCUT2D eigenvalue weighted by atomic mass is 10.1. The highest BCUT2D eigenvalue weighted by atomic mass is 79.9. The van der Waals surface area contributed by atoms with Crippen molar-refractivity contribution < 1.29 is 4.79 Å². The van der Waals surface area contributed by atoms with E-state index in [0.717, 1.165) is 11.3 Å². The van der Waals surface area contributed by atoms with Crippen molar-refractivity contribution in [3.63, 3.8) is 0 Å². The number of hydrogen-bond acceptors (Lipinski definition) is 4. The molecule has 8 heteroatoms. The van der Waals surface area contributed by atoms with Crippen LogP contribution in [0.4, 0.5) is 0 Å². The van der Waals surface area contributed by atoms with Crippen molar-refractivity contribution in [3.05, 3.63) is 63.4 Å². The summed E-state index contributed by atoms with van der Waals surface area (Å²) in [4.78, 5) is 16.9. The van der Waals surface area contributed by atoms with Gasteiger partial charge in [0.15, 0.2) is 11.5 Å². The Morgan fingerprint density at radius 1 is 1.17 bits per heavy atom. The Balaban J connectivity index is 1.93. The van der Waals surface area contributed by atoms with E-state index in [0.29, 0.717) is 21.8 Å². The summed E-state index contributed by atoms with van der Waals surface area (Å²) in [7, 11) is 0. The summed E-state index contributed by atoms with van der Waals surface area (Å²) >= 11 is 3.37. The highest BCUT2D eigenvalue weighted by Crippen LogP contribution is 2.22. The molecule has 0 aliphatic rings. The zero-order chi connectivity index (χ0) is 16.4. The van der Waals surface area contributed by atoms with E-state index in [1.54, 1.807) is 0 Å². The molecule has 0 saturated carbocycles. The molecule has 0 saturated heterocycles. The van der Waals surface area contributed by atoms with Gasteiger partial charge in [0.05, 0.1) is 4.47 Å². The molecule has 23 heavy (non-hydrogen) atoms. The number of aromatic amines is 2. The first kappa shape index (κ1) is 15.4. The molecule has 0 radical (unpaired) electrons. The predicted octanol–water partition coefficient (Wildman–Crippen LogP) is 2.43. The van der Waals surface area contributed by atoms with Crippen molar-refractivity contribution >= 4 is 21.8 Å². The Morgan fingerprint density at radius 3 is 2.48 bits per heavy atom. The van der Waals surface area contributed by atoms with Crippen molar-refractivity contribution in [1.82, 2.24) is 30.7 Å². The molecule has 1 atom stereocenters. The van der Waals surface area contributed by atoms with Crippen LogP contribution in [-0.2, 0) is 0 Å². The second-order valence-corrected chi connectivity index (χ2v) is 5.90. The van der Waals surface area contributed by atoms with Crippen molar-refractivity contribution in [3.8, 4) is 0 Å². The van der Waals surface area contributed by atoms with Gasteiger partial charge >= 0.3 is 0 Å². The number of H-pyrrole nitrogens is 2. The number of carbonyl (C=O) groups excluding carboxylic acids is 1. The molecule has 3 N–H and O–H groups in total. The molecule has 0 bridgehead atoms. The highest BCUT2D eigenvalue weighted by Gasteiger charge is 2.24. The van der Waals surface area contributed by atoms with E-state index in [9.17, 15) is 4.79 Å². The molecular formula is C15H15BrN6O. The fourth-order valence-electron chi connectivity index (χ4n) is 2.20. The first-order valence-electron chi connectivity index (χ1n) is 7.01. The van der Waals surface area contributed by atoms with Gasteiger partial charge in [-0.3, -0.25) is 15.0 Å². The standard InChI is InChI=1S/C15H15BrN6O/c1-8-11(16)13(21-19-8)15(23)18-12(10-6-4-3-5-7-10)14-17-9(2)20-22-14/h3-7,12H,1-2H3,(H,18,23)(H,19,21)(H,17,20,22). The SMILES string of the molecule is Cc1nc(C(NC(=O)c2n[nH]c(C)c2Br)c2ccccc2)n[nH]1. The van der Waals surface area contributed by atoms with Crippen LogP contribution in [0.15, 0.2) is 34.8 Å². The first-order chi connectivity index (χ1) is 11.1. The third-order valence-electron chi connectivity index (χ3n) is 3.37. The van der Waals surface area contributed by atoms with Gasteiger partial charge in [0, 0.05) is 5.69 Å². The molecule has 0 fully saturated rings. The molecule has 2 aromatic heterocycles. The quantitative estimate of drug-likeness (QED) is 0.652. The predicted molar refractivity (Wildman–Crippen MR) is 87.9 cm³/mol. The zero-order valence-electron chi connectivity index (χ0n) is 12.6. The smallest absolute Gasteiger partial charge is 0.273 e. The van der Waals surface area contributed by atoms with E-state index in [1.165, 1.54) is 0 Å². The van der Waals surface area contributed by atoms with Gasteiger partial charge in [-0.25, -0.2) is 4.98 Å². The summed E-state index contributed by atoms with van der Waals surface area (Å²) in [5.74, 6) is 0.884. The maximum absolute atomic E-state index is 12.6. The third kappa shape index (κ3) is 3.16. The second kappa shape index (κ2) is 6.33. The summed E-state index contributed by atoms with van der Waals surface area (Å²) in [5, 5.41) is 16.7. The molecule has 118 valence electrons. The monoisotopic (exact) mass is 374 g/mol. The van der Waals surface area contributed by atoms with Gasteiger partial charge in [-0.2, -0.15) is 10.2 Å². The Morgan fingerprint density at radius 2 is 1.91 bits per heavy atom. The average molecular weight is 375 g/mol. The summed E-state index contributed by atoms with van der Waals surface area (Å²) < 4.78 is 0.646. The normalized spacial score (nSPS) is 12.1. The number of aryl methyl sites for hydroxylation is 2. The Kier molecular flexibility index (Phi) is 4.24. The Bertz CT molecular complexity index is 826. The van der Waals surface area contributed by atoms with Gasteiger partial charge < -0.3 is 5.32 Å². The Hall–Kier alpha value is -2.48. The first-order valence-corrected chi connectivity index (χ1v) is 7.80. The fourth-order valence-corrected chi connectivity index (χ4v) is 2.55. The highest BCUT2D eigenvalue weighted by molar-refractivity contribution is 9.10.